The van der Waals surface area contributed by atoms with E-state index >= 15 is 0 Å². The maximum atomic E-state index is 6.18. The van der Waals surface area contributed by atoms with Crippen molar-refractivity contribution in [1.29, 1.82) is 0 Å². The monoisotopic (exact) mass is 289 g/mol. The van der Waals surface area contributed by atoms with Crippen LogP contribution in [0.4, 0.5) is 0 Å². The first-order valence-electron chi connectivity index (χ1n) is 7.08. The van der Waals surface area contributed by atoms with Crippen molar-refractivity contribution in [2.45, 2.75) is 25.2 Å². The lowest BCUT2D eigenvalue weighted by Gasteiger charge is -2.22. The van der Waals surface area contributed by atoms with Crippen LogP contribution in [0.3, 0.4) is 0 Å². The fourth-order valence-corrected chi connectivity index (χ4v) is 3.52. The molecule has 1 aliphatic carbocycles. The van der Waals surface area contributed by atoms with E-state index in [2.05, 4.69) is 15.5 Å². The Morgan fingerprint density at radius 3 is 2.85 bits per heavy atom. The van der Waals surface area contributed by atoms with E-state index in [9.17, 15) is 0 Å². The van der Waals surface area contributed by atoms with E-state index in [1.54, 1.807) is 0 Å². The Labute approximate surface area is 122 Å². The van der Waals surface area contributed by atoms with Crippen molar-refractivity contribution >= 4 is 11.6 Å². The Hall–Kier alpha value is -1.39. The Morgan fingerprint density at radius 1 is 1.25 bits per heavy atom. The Bertz CT molecular complexity index is 634. The molecule has 2 aliphatic rings. The zero-order chi connectivity index (χ0) is 13.6. The van der Waals surface area contributed by atoms with Crippen molar-refractivity contribution in [1.82, 2.24) is 15.5 Å². The molecule has 5 heteroatoms. The Balaban J connectivity index is 1.59. The highest BCUT2D eigenvalue weighted by Crippen LogP contribution is 2.63. The molecule has 2 fully saturated rings. The van der Waals surface area contributed by atoms with Crippen molar-refractivity contribution in [3.8, 4) is 11.4 Å². The maximum Gasteiger partial charge on any atom is 0.230 e. The van der Waals surface area contributed by atoms with Crippen molar-refractivity contribution in [2.24, 2.45) is 5.41 Å². The zero-order valence-corrected chi connectivity index (χ0v) is 11.9. The molecule has 1 saturated heterocycles. The van der Waals surface area contributed by atoms with Gasteiger partial charge in [0.05, 0.1) is 5.02 Å². The minimum atomic E-state index is 0.412. The van der Waals surface area contributed by atoms with Gasteiger partial charge in [0.1, 0.15) is 0 Å². The van der Waals surface area contributed by atoms with E-state index in [1.807, 2.05) is 24.3 Å². The number of nitrogens with zero attached hydrogens (tertiary/aromatic N) is 2. The van der Waals surface area contributed by atoms with Crippen molar-refractivity contribution in [3.05, 3.63) is 35.2 Å². The second-order valence-corrected chi connectivity index (χ2v) is 6.21. The van der Waals surface area contributed by atoms with E-state index in [0.717, 1.165) is 24.5 Å². The zero-order valence-electron chi connectivity index (χ0n) is 11.1. The maximum absolute atomic E-state index is 6.18. The molecule has 2 aromatic rings. The highest BCUT2D eigenvalue weighted by Gasteiger charge is 2.57. The van der Waals surface area contributed by atoms with Gasteiger partial charge in [-0.25, -0.2) is 0 Å². The summed E-state index contributed by atoms with van der Waals surface area (Å²) in [5.74, 6) is 1.82. The predicted molar refractivity (Wildman–Crippen MR) is 76.6 cm³/mol. The molecular formula is C15H16ClN3O. The van der Waals surface area contributed by atoms with E-state index < -0.39 is 0 Å². The first kappa shape index (κ1) is 12.4. The lowest BCUT2D eigenvalue weighted by molar-refractivity contribution is 0.311. The lowest BCUT2D eigenvalue weighted by Crippen LogP contribution is -2.29. The van der Waals surface area contributed by atoms with E-state index in [-0.39, 0.29) is 0 Å². The van der Waals surface area contributed by atoms with Crippen molar-refractivity contribution in [3.63, 3.8) is 0 Å². The number of halogens is 1. The number of hydrogen-bond acceptors (Lipinski definition) is 4. The third-order valence-corrected chi connectivity index (χ3v) is 4.97. The highest BCUT2D eigenvalue weighted by atomic mass is 35.5. The summed E-state index contributed by atoms with van der Waals surface area (Å²) in [7, 11) is 0. The SMILES string of the molecule is Clc1ccccc1-c1noc(C2CC23CCNCC3)n1. The molecule has 4 nitrogen and oxygen atoms in total. The summed E-state index contributed by atoms with van der Waals surface area (Å²) in [5, 5.41) is 8.17. The topological polar surface area (TPSA) is 51.0 Å². The summed E-state index contributed by atoms with van der Waals surface area (Å²) in [6.45, 7) is 2.20. The second kappa shape index (κ2) is 4.57. The van der Waals surface area contributed by atoms with Crippen LogP contribution in [-0.2, 0) is 0 Å². The molecule has 1 unspecified atom stereocenters. The summed E-state index contributed by atoms with van der Waals surface area (Å²) in [4.78, 5) is 4.57. The van der Waals surface area contributed by atoms with Gasteiger partial charge >= 0.3 is 0 Å². The summed E-state index contributed by atoms with van der Waals surface area (Å²) in [6.07, 6.45) is 3.60. The van der Waals surface area contributed by atoms with Crippen LogP contribution in [0, 0.1) is 5.41 Å². The minimum absolute atomic E-state index is 0.412. The number of nitrogens with one attached hydrogen (secondary N) is 1. The number of rotatable bonds is 2. The molecule has 1 saturated carbocycles. The number of aromatic nitrogens is 2. The van der Waals surface area contributed by atoms with Gasteiger partial charge in [-0.15, -0.1) is 0 Å². The molecule has 104 valence electrons. The van der Waals surface area contributed by atoms with Gasteiger partial charge in [-0.2, -0.15) is 4.98 Å². The van der Waals surface area contributed by atoms with Gasteiger partial charge in [-0.1, -0.05) is 28.9 Å². The molecule has 0 bridgehead atoms. The third kappa shape index (κ3) is 1.95. The fraction of sp³-hybridized carbons (Fsp3) is 0.467. The van der Waals surface area contributed by atoms with Crippen LogP contribution >= 0.6 is 11.6 Å². The summed E-state index contributed by atoms with van der Waals surface area (Å²) in [6, 6.07) is 7.60. The van der Waals surface area contributed by atoms with Crippen LogP contribution < -0.4 is 5.32 Å². The van der Waals surface area contributed by atoms with E-state index in [1.165, 1.54) is 19.3 Å². The average Bonchev–Trinajstić information content (AvgIpc) is 2.96. The molecular weight excluding hydrogens is 274 g/mol. The molecule has 1 aromatic carbocycles. The molecule has 1 aliphatic heterocycles. The smallest absolute Gasteiger partial charge is 0.230 e. The van der Waals surface area contributed by atoms with Crippen molar-refractivity contribution < 1.29 is 4.52 Å². The average molecular weight is 290 g/mol. The Kier molecular flexibility index (Phi) is 2.82. The van der Waals surface area contributed by atoms with Crippen LogP contribution in [0.5, 0.6) is 0 Å². The lowest BCUT2D eigenvalue weighted by atomic mass is 9.92. The van der Waals surface area contributed by atoms with Crippen LogP contribution in [0.25, 0.3) is 11.4 Å². The second-order valence-electron chi connectivity index (χ2n) is 5.81. The number of hydrogen-bond donors (Lipinski definition) is 1. The van der Waals surface area contributed by atoms with Gasteiger partial charge in [0.25, 0.3) is 0 Å². The molecule has 1 atom stereocenters. The normalized spacial score (nSPS) is 23.9. The molecule has 0 amide bonds. The molecule has 1 aromatic heterocycles. The van der Waals surface area contributed by atoms with Crippen LogP contribution in [-0.4, -0.2) is 23.2 Å². The van der Waals surface area contributed by atoms with Gasteiger partial charge in [-0.05, 0) is 49.9 Å². The van der Waals surface area contributed by atoms with Crippen molar-refractivity contribution in [2.75, 3.05) is 13.1 Å². The van der Waals surface area contributed by atoms with Crippen LogP contribution in [0.2, 0.25) is 5.02 Å². The molecule has 1 spiro atoms. The summed E-state index contributed by atoms with van der Waals surface area (Å²) >= 11 is 6.18. The molecule has 4 rings (SSSR count). The van der Waals surface area contributed by atoms with Gasteiger partial charge in [0.15, 0.2) is 0 Å². The standard InChI is InChI=1S/C15H16ClN3O/c16-12-4-2-1-3-10(12)13-18-14(20-19-13)11-9-15(11)5-7-17-8-6-15/h1-4,11,17H,5-9H2. The number of piperidine rings is 1. The third-order valence-electron chi connectivity index (χ3n) is 4.64. The summed E-state index contributed by atoms with van der Waals surface area (Å²) < 4.78 is 5.49. The van der Waals surface area contributed by atoms with Crippen LogP contribution in [0.1, 0.15) is 31.1 Å². The largest absolute Gasteiger partial charge is 0.339 e. The van der Waals surface area contributed by atoms with E-state index in [4.69, 9.17) is 16.1 Å². The van der Waals surface area contributed by atoms with E-state index in [0.29, 0.717) is 22.2 Å². The molecule has 20 heavy (non-hydrogen) atoms. The first-order valence-corrected chi connectivity index (χ1v) is 7.46. The highest BCUT2D eigenvalue weighted by molar-refractivity contribution is 6.33. The van der Waals surface area contributed by atoms with Gasteiger partial charge in [0, 0.05) is 11.5 Å². The van der Waals surface area contributed by atoms with Crippen LogP contribution in [0.15, 0.2) is 28.8 Å². The molecule has 1 N–H and O–H groups in total. The van der Waals surface area contributed by atoms with Gasteiger partial charge in [-0.3, -0.25) is 0 Å². The molecule has 2 heterocycles. The Morgan fingerprint density at radius 2 is 2.05 bits per heavy atom. The minimum Gasteiger partial charge on any atom is -0.339 e. The van der Waals surface area contributed by atoms with Gasteiger partial charge in [0.2, 0.25) is 11.7 Å². The fourth-order valence-electron chi connectivity index (χ4n) is 3.30. The van der Waals surface area contributed by atoms with Gasteiger partial charge < -0.3 is 9.84 Å². The summed E-state index contributed by atoms with van der Waals surface area (Å²) in [5.41, 5.74) is 1.25. The number of benzene rings is 1. The molecule has 0 radical (unpaired) electrons. The predicted octanol–water partition coefficient (Wildman–Crippen LogP) is 3.25. The first-order chi connectivity index (χ1) is 9.78. The quantitative estimate of drug-likeness (QED) is 0.922.